The minimum absolute atomic E-state index is 0.793. The molecule has 0 saturated carbocycles. The van der Waals surface area contributed by atoms with Gasteiger partial charge in [-0.05, 0) is 24.5 Å². The summed E-state index contributed by atoms with van der Waals surface area (Å²) in [6.07, 6.45) is 1.83. The van der Waals surface area contributed by atoms with Crippen molar-refractivity contribution < 1.29 is 0 Å². The minimum atomic E-state index is 0.793. The van der Waals surface area contributed by atoms with E-state index >= 15 is 0 Å². The molecule has 3 heteroatoms. The van der Waals surface area contributed by atoms with Gasteiger partial charge in [0.2, 0.25) is 0 Å². The van der Waals surface area contributed by atoms with Crippen molar-refractivity contribution in [3.8, 4) is 0 Å². The van der Waals surface area contributed by atoms with Gasteiger partial charge >= 0.3 is 0 Å². The first-order chi connectivity index (χ1) is 6.16. The zero-order valence-corrected chi connectivity index (χ0v) is 8.67. The molecular weight excluding hydrogens is 184 g/mol. The van der Waals surface area contributed by atoms with Crippen LogP contribution in [0.15, 0.2) is 12.3 Å². The maximum absolute atomic E-state index is 6.01. The molecule has 1 aromatic heterocycles. The predicted octanol–water partition coefficient (Wildman–Crippen LogP) is 2.50. The molecule has 0 aromatic carbocycles. The van der Waals surface area contributed by atoms with Gasteiger partial charge < -0.3 is 4.90 Å². The number of aromatic nitrogens is 1. The van der Waals surface area contributed by atoms with Gasteiger partial charge in [-0.15, -0.1) is 0 Å². The van der Waals surface area contributed by atoms with Crippen LogP contribution in [0.25, 0.3) is 0 Å². The van der Waals surface area contributed by atoms with Crippen molar-refractivity contribution in [2.75, 3.05) is 18.0 Å². The Morgan fingerprint density at radius 2 is 2.23 bits per heavy atom. The third-order valence-electron chi connectivity index (χ3n) is 2.41. The Morgan fingerprint density at radius 3 is 2.77 bits per heavy atom. The Labute approximate surface area is 83.5 Å². The molecule has 1 fully saturated rings. The summed E-state index contributed by atoms with van der Waals surface area (Å²) in [5.74, 6) is 1.80. The smallest absolute Gasteiger partial charge is 0.129 e. The van der Waals surface area contributed by atoms with Crippen molar-refractivity contribution in [3.63, 3.8) is 0 Å². The van der Waals surface area contributed by atoms with Crippen LogP contribution in [0.2, 0.25) is 5.02 Å². The van der Waals surface area contributed by atoms with E-state index < -0.39 is 0 Å². The Morgan fingerprint density at radius 1 is 1.54 bits per heavy atom. The van der Waals surface area contributed by atoms with E-state index in [1.54, 1.807) is 0 Å². The summed E-state index contributed by atoms with van der Waals surface area (Å²) in [4.78, 5) is 6.58. The molecule has 1 aliphatic heterocycles. The van der Waals surface area contributed by atoms with E-state index in [0.717, 1.165) is 35.4 Å². The third kappa shape index (κ3) is 1.63. The maximum atomic E-state index is 6.01. The van der Waals surface area contributed by atoms with Crippen LogP contribution < -0.4 is 4.90 Å². The van der Waals surface area contributed by atoms with Crippen molar-refractivity contribution >= 4 is 17.4 Å². The minimum Gasteiger partial charge on any atom is -0.356 e. The molecule has 2 heterocycles. The lowest BCUT2D eigenvalue weighted by Gasteiger charge is -2.38. The average Bonchev–Trinajstić information content (AvgIpc) is 2.05. The molecule has 2 nitrogen and oxygen atoms in total. The van der Waals surface area contributed by atoms with Gasteiger partial charge in [-0.1, -0.05) is 18.5 Å². The van der Waals surface area contributed by atoms with Crippen LogP contribution in [-0.2, 0) is 0 Å². The molecule has 13 heavy (non-hydrogen) atoms. The molecule has 0 spiro atoms. The van der Waals surface area contributed by atoms with Crippen molar-refractivity contribution in [3.05, 3.63) is 22.8 Å². The standard InChI is InChI=1S/C10H13ClN2/c1-7-5-13(6-7)10-3-9(11)8(2)4-12-10/h3-4,7H,5-6H2,1-2H3. The van der Waals surface area contributed by atoms with Crippen LogP contribution >= 0.6 is 11.6 Å². The van der Waals surface area contributed by atoms with Crippen molar-refractivity contribution in [2.45, 2.75) is 13.8 Å². The van der Waals surface area contributed by atoms with Crippen LogP contribution in [-0.4, -0.2) is 18.1 Å². The Hall–Kier alpha value is -0.760. The molecule has 0 aliphatic carbocycles. The second kappa shape index (κ2) is 3.18. The van der Waals surface area contributed by atoms with Gasteiger partial charge in [0, 0.05) is 24.3 Å². The highest BCUT2D eigenvalue weighted by atomic mass is 35.5. The van der Waals surface area contributed by atoms with Gasteiger partial charge in [-0.25, -0.2) is 4.98 Å². The molecule has 0 amide bonds. The zero-order chi connectivity index (χ0) is 9.42. The lowest BCUT2D eigenvalue weighted by atomic mass is 10.0. The van der Waals surface area contributed by atoms with Crippen molar-refractivity contribution in [1.29, 1.82) is 0 Å². The van der Waals surface area contributed by atoms with E-state index in [9.17, 15) is 0 Å². The Balaban J connectivity index is 2.18. The fourth-order valence-corrected chi connectivity index (χ4v) is 1.69. The first-order valence-electron chi connectivity index (χ1n) is 4.54. The number of nitrogens with zero attached hydrogens (tertiary/aromatic N) is 2. The molecule has 0 N–H and O–H groups in total. The fourth-order valence-electron chi connectivity index (χ4n) is 1.55. The summed E-state index contributed by atoms with van der Waals surface area (Å²) in [7, 11) is 0. The summed E-state index contributed by atoms with van der Waals surface area (Å²) in [5.41, 5.74) is 1.04. The van der Waals surface area contributed by atoms with E-state index in [1.165, 1.54) is 0 Å². The molecular formula is C10H13ClN2. The van der Waals surface area contributed by atoms with Gasteiger partial charge in [0.25, 0.3) is 0 Å². The summed E-state index contributed by atoms with van der Waals surface area (Å²) in [6, 6.07) is 1.95. The van der Waals surface area contributed by atoms with Gasteiger partial charge in [0.05, 0.1) is 0 Å². The third-order valence-corrected chi connectivity index (χ3v) is 2.82. The molecule has 1 aliphatic rings. The summed E-state index contributed by atoms with van der Waals surface area (Å²) >= 11 is 6.01. The fraction of sp³-hybridized carbons (Fsp3) is 0.500. The topological polar surface area (TPSA) is 16.1 Å². The van der Waals surface area contributed by atoms with Crippen LogP contribution in [0.1, 0.15) is 12.5 Å². The Kier molecular flexibility index (Phi) is 2.16. The molecule has 0 bridgehead atoms. The molecule has 0 radical (unpaired) electrons. The van der Waals surface area contributed by atoms with Crippen molar-refractivity contribution in [1.82, 2.24) is 4.98 Å². The average molecular weight is 197 g/mol. The number of rotatable bonds is 1. The predicted molar refractivity (Wildman–Crippen MR) is 55.4 cm³/mol. The van der Waals surface area contributed by atoms with Crippen LogP contribution in [0.5, 0.6) is 0 Å². The van der Waals surface area contributed by atoms with Gasteiger partial charge in [-0.2, -0.15) is 0 Å². The number of anilines is 1. The molecule has 1 aromatic rings. The van der Waals surface area contributed by atoms with Crippen LogP contribution in [0.4, 0.5) is 5.82 Å². The van der Waals surface area contributed by atoms with Gasteiger partial charge in [0.1, 0.15) is 5.82 Å². The van der Waals surface area contributed by atoms with E-state index in [-0.39, 0.29) is 0 Å². The number of halogens is 1. The van der Waals surface area contributed by atoms with Crippen LogP contribution in [0.3, 0.4) is 0 Å². The van der Waals surface area contributed by atoms with E-state index in [2.05, 4.69) is 16.8 Å². The highest BCUT2D eigenvalue weighted by molar-refractivity contribution is 6.31. The van der Waals surface area contributed by atoms with E-state index in [4.69, 9.17) is 11.6 Å². The summed E-state index contributed by atoms with van der Waals surface area (Å²) < 4.78 is 0. The second-order valence-corrected chi connectivity index (χ2v) is 4.21. The van der Waals surface area contributed by atoms with Gasteiger partial charge in [-0.3, -0.25) is 0 Å². The van der Waals surface area contributed by atoms with Crippen molar-refractivity contribution in [2.24, 2.45) is 5.92 Å². The molecule has 2 rings (SSSR count). The monoisotopic (exact) mass is 196 g/mol. The van der Waals surface area contributed by atoms with Gasteiger partial charge in [0.15, 0.2) is 0 Å². The SMILES string of the molecule is Cc1cnc(N2CC(C)C2)cc1Cl. The maximum Gasteiger partial charge on any atom is 0.129 e. The molecule has 1 saturated heterocycles. The first kappa shape index (κ1) is 8.82. The molecule has 70 valence electrons. The lowest BCUT2D eigenvalue weighted by molar-refractivity contribution is 0.443. The second-order valence-electron chi connectivity index (χ2n) is 3.80. The number of hydrogen-bond donors (Lipinski definition) is 0. The lowest BCUT2D eigenvalue weighted by Crippen LogP contribution is -2.45. The number of hydrogen-bond acceptors (Lipinski definition) is 2. The molecule has 0 atom stereocenters. The van der Waals surface area contributed by atoms with E-state index in [0.29, 0.717) is 0 Å². The Bertz CT molecular complexity index is 319. The first-order valence-corrected chi connectivity index (χ1v) is 4.91. The summed E-state index contributed by atoms with van der Waals surface area (Å²) in [6.45, 7) is 6.42. The zero-order valence-electron chi connectivity index (χ0n) is 7.92. The largest absolute Gasteiger partial charge is 0.356 e. The summed E-state index contributed by atoms with van der Waals surface area (Å²) in [5, 5.41) is 0.810. The van der Waals surface area contributed by atoms with Crippen LogP contribution in [0, 0.1) is 12.8 Å². The highest BCUT2D eigenvalue weighted by Gasteiger charge is 2.23. The number of aryl methyl sites for hydroxylation is 1. The quantitative estimate of drug-likeness (QED) is 0.686. The number of pyridine rings is 1. The highest BCUT2D eigenvalue weighted by Crippen LogP contribution is 2.25. The molecule has 0 unspecified atom stereocenters. The normalized spacial score (nSPS) is 17.3. The van der Waals surface area contributed by atoms with E-state index in [1.807, 2.05) is 19.2 Å².